The maximum absolute atomic E-state index is 13.2. The van der Waals surface area contributed by atoms with Crippen LogP contribution in [-0.4, -0.2) is 4.57 Å². The number of fused-ring (bicyclic) bond motifs is 1. The molecule has 0 aliphatic carbocycles. The topological polar surface area (TPSA) is 4.93 Å². The van der Waals surface area contributed by atoms with E-state index in [-0.39, 0.29) is 5.82 Å². The number of hydrogen-bond acceptors (Lipinski definition) is 0. The van der Waals surface area contributed by atoms with Crippen LogP contribution in [0.3, 0.4) is 0 Å². The molecule has 0 spiro atoms. The Morgan fingerprint density at radius 2 is 1.68 bits per heavy atom. The molecule has 104 valence electrons. The van der Waals surface area contributed by atoms with Gasteiger partial charge in [0.2, 0.25) is 0 Å². The van der Waals surface area contributed by atoms with Gasteiger partial charge in [-0.25, -0.2) is 4.39 Å². The molecule has 0 saturated carbocycles. The van der Waals surface area contributed by atoms with Crippen LogP contribution in [0.15, 0.2) is 30.5 Å². The van der Waals surface area contributed by atoms with Crippen molar-refractivity contribution in [2.75, 3.05) is 0 Å². The standard InChI is InChI=1S/C17H24FN/c1-2-3-4-5-6-7-8-12-19-13-11-15-9-10-16(18)14-17(15)19/h9-11,13-14H,2-8,12H2,1H3. The summed E-state index contributed by atoms with van der Waals surface area (Å²) in [4.78, 5) is 0. The summed E-state index contributed by atoms with van der Waals surface area (Å²) in [6.07, 6.45) is 11.3. The zero-order valence-electron chi connectivity index (χ0n) is 11.9. The fourth-order valence-electron chi connectivity index (χ4n) is 2.59. The molecular formula is C17H24FN. The van der Waals surface area contributed by atoms with E-state index in [0.29, 0.717) is 0 Å². The Bertz CT molecular complexity index is 501. The van der Waals surface area contributed by atoms with E-state index in [9.17, 15) is 4.39 Å². The van der Waals surface area contributed by atoms with Crippen molar-refractivity contribution >= 4 is 10.9 Å². The maximum atomic E-state index is 13.2. The maximum Gasteiger partial charge on any atom is 0.125 e. The number of rotatable bonds is 8. The van der Waals surface area contributed by atoms with Crippen molar-refractivity contribution in [2.45, 2.75) is 58.4 Å². The van der Waals surface area contributed by atoms with Crippen molar-refractivity contribution in [2.24, 2.45) is 0 Å². The van der Waals surface area contributed by atoms with Crippen molar-refractivity contribution in [1.29, 1.82) is 0 Å². The Morgan fingerprint density at radius 3 is 2.47 bits per heavy atom. The number of halogens is 1. The summed E-state index contributed by atoms with van der Waals surface area (Å²) >= 11 is 0. The van der Waals surface area contributed by atoms with Crippen molar-refractivity contribution in [3.8, 4) is 0 Å². The fourth-order valence-corrected chi connectivity index (χ4v) is 2.59. The molecule has 0 amide bonds. The Morgan fingerprint density at radius 1 is 0.947 bits per heavy atom. The van der Waals surface area contributed by atoms with E-state index in [1.54, 1.807) is 6.07 Å². The lowest BCUT2D eigenvalue weighted by Crippen LogP contribution is -1.96. The normalized spacial score (nSPS) is 11.3. The van der Waals surface area contributed by atoms with Gasteiger partial charge in [-0.15, -0.1) is 0 Å². The van der Waals surface area contributed by atoms with Crippen molar-refractivity contribution < 1.29 is 4.39 Å². The summed E-state index contributed by atoms with van der Waals surface area (Å²) < 4.78 is 15.4. The van der Waals surface area contributed by atoms with Gasteiger partial charge in [0.05, 0.1) is 5.52 Å². The first-order valence-electron chi connectivity index (χ1n) is 7.55. The number of aromatic nitrogens is 1. The van der Waals surface area contributed by atoms with Gasteiger partial charge in [-0.3, -0.25) is 0 Å². The number of hydrogen-bond donors (Lipinski definition) is 0. The fraction of sp³-hybridized carbons (Fsp3) is 0.529. The summed E-state index contributed by atoms with van der Waals surface area (Å²) in [5.41, 5.74) is 1.02. The molecule has 2 heteroatoms. The molecule has 1 heterocycles. The predicted molar refractivity (Wildman–Crippen MR) is 79.9 cm³/mol. The lowest BCUT2D eigenvalue weighted by molar-refractivity contribution is 0.555. The SMILES string of the molecule is CCCCCCCCCn1ccc2ccc(F)cc21. The third-order valence-corrected chi connectivity index (χ3v) is 3.74. The van der Waals surface area contributed by atoms with Crippen LogP contribution in [0.5, 0.6) is 0 Å². The summed E-state index contributed by atoms with van der Waals surface area (Å²) in [6.45, 7) is 3.25. The monoisotopic (exact) mass is 261 g/mol. The molecule has 0 saturated heterocycles. The quantitative estimate of drug-likeness (QED) is 0.550. The molecule has 0 aliphatic rings. The average molecular weight is 261 g/mol. The Kier molecular flexibility index (Phi) is 5.44. The first-order chi connectivity index (χ1) is 9.31. The summed E-state index contributed by atoms with van der Waals surface area (Å²) in [5.74, 6) is -0.146. The van der Waals surface area contributed by atoms with E-state index in [2.05, 4.69) is 23.8 Å². The highest BCUT2D eigenvalue weighted by Gasteiger charge is 2.02. The molecule has 0 aliphatic heterocycles. The van der Waals surface area contributed by atoms with E-state index in [4.69, 9.17) is 0 Å². The lowest BCUT2D eigenvalue weighted by Gasteiger charge is -2.05. The molecule has 0 bridgehead atoms. The Hall–Kier alpha value is -1.31. The third kappa shape index (κ3) is 4.09. The zero-order chi connectivity index (χ0) is 13.5. The molecule has 0 radical (unpaired) electrons. The zero-order valence-corrected chi connectivity index (χ0v) is 11.9. The molecule has 0 atom stereocenters. The van der Waals surface area contributed by atoms with Crippen LogP contribution >= 0.6 is 0 Å². The van der Waals surface area contributed by atoms with Gasteiger partial charge in [0, 0.05) is 12.7 Å². The highest BCUT2D eigenvalue weighted by atomic mass is 19.1. The van der Waals surface area contributed by atoms with Gasteiger partial charge in [-0.1, -0.05) is 45.4 Å². The van der Waals surface area contributed by atoms with E-state index < -0.39 is 0 Å². The summed E-state index contributed by atoms with van der Waals surface area (Å²) in [6, 6.07) is 7.08. The molecular weight excluding hydrogens is 237 g/mol. The van der Waals surface area contributed by atoms with Gasteiger partial charge in [-0.2, -0.15) is 0 Å². The van der Waals surface area contributed by atoms with Crippen LogP contribution < -0.4 is 0 Å². The predicted octanol–water partition coefficient (Wildman–Crippen LogP) is 5.53. The lowest BCUT2D eigenvalue weighted by atomic mass is 10.1. The minimum Gasteiger partial charge on any atom is -0.347 e. The first-order valence-corrected chi connectivity index (χ1v) is 7.55. The van der Waals surface area contributed by atoms with Gasteiger partial charge in [0.15, 0.2) is 0 Å². The number of aryl methyl sites for hydroxylation is 1. The molecule has 2 rings (SSSR count). The van der Waals surface area contributed by atoms with E-state index in [1.165, 1.54) is 51.0 Å². The van der Waals surface area contributed by atoms with Crippen molar-refractivity contribution in [3.63, 3.8) is 0 Å². The molecule has 0 N–H and O–H groups in total. The molecule has 1 aromatic heterocycles. The summed E-state index contributed by atoms with van der Waals surface area (Å²) in [5, 5.41) is 1.13. The average Bonchev–Trinajstić information content (AvgIpc) is 2.80. The van der Waals surface area contributed by atoms with E-state index in [0.717, 1.165) is 17.4 Å². The van der Waals surface area contributed by atoms with E-state index >= 15 is 0 Å². The van der Waals surface area contributed by atoms with Gasteiger partial charge < -0.3 is 4.57 Å². The molecule has 1 aromatic carbocycles. The molecule has 1 nitrogen and oxygen atoms in total. The summed E-state index contributed by atoms with van der Waals surface area (Å²) in [7, 11) is 0. The largest absolute Gasteiger partial charge is 0.347 e. The highest BCUT2D eigenvalue weighted by molar-refractivity contribution is 5.80. The minimum absolute atomic E-state index is 0.146. The molecule has 19 heavy (non-hydrogen) atoms. The van der Waals surface area contributed by atoms with Crippen molar-refractivity contribution in [3.05, 3.63) is 36.3 Å². The number of unbranched alkanes of at least 4 members (excludes halogenated alkanes) is 6. The Balaban J connectivity index is 1.77. The molecule has 0 unspecified atom stereocenters. The van der Waals surface area contributed by atoms with Crippen LogP contribution in [0.25, 0.3) is 10.9 Å². The third-order valence-electron chi connectivity index (χ3n) is 3.74. The van der Waals surface area contributed by atoms with Crippen molar-refractivity contribution in [1.82, 2.24) is 4.57 Å². The smallest absolute Gasteiger partial charge is 0.125 e. The second kappa shape index (κ2) is 7.32. The highest BCUT2D eigenvalue weighted by Crippen LogP contribution is 2.18. The van der Waals surface area contributed by atoms with Crippen LogP contribution in [0.4, 0.5) is 4.39 Å². The molecule has 0 fully saturated rings. The molecule has 2 aromatic rings. The van der Waals surface area contributed by atoms with Crippen LogP contribution in [-0.2, 0) is 6.54 Å². The van der Waals surface area contributed by atoms with Gasteiger partial charge in [0.25, 0.3) is 0 Å². The first kappa shape index (κ1) is 14.1. The van der Waals surface area contributed by atoms with Gasteiger partial charge in [0.1, 0.15) is 5.82 Å². The second-order valence-corrected chi connectivity index (χ2v) is 5.33. The number of nitrogens with zero attached hydrogens (tertiary/aromatic N) is 1. The second-order valence-electron chi connectivity index (χ2n) is 5.33. The Labute approximate surface area is 115 Å². The van der Waals surface area contributed by atoms with Gasteiger partial charge in [-0.05, 0) is 36.1 Å². The van der Waals surface area contributed by atoms with Crippen LogP contribution in [0.1, 0.15) is 51.9 Å². The van der Waals surface area contributed by atoms with Crippen LogP contribution in [0, 0.1) is 5.82 Å². The van der Waals surface area contributed by atoms with E-state index in [1.807, 2.05) is 6.07 Å². The number of benzene rings is 1. The minimum atomic E-state index is -0.146. The van der Waals surface area contributed by atoms with Crippen LogP contribution in [0.2, 0.25) is 0 Å². The van der Waals surface area contributed by atoms with Gasteiger partial charge >= 0.3 is 0 Å².